The minimum atomic E-state index is 0.673. The maximum Gasteiger partial charge on any atom is 0.118 e. The van der Waals surface area contributed by atoms with Gasteiger partial charge in [-0.05, 0) is 54.2 Å². The van der Waals surface area contributed by atoms with Crippen molar-refractivity contribution in [2.24, 2.45) is 5.92 Å². The summed E-state index contributed by atoms with van der Waals surface area (Å²) in [6, 6.07) is 16.9. The van der Waals surface area contributed by atoms with E-state index in [1.54, 1.807) is 14.2 Å². The molecule has 0 bridgehead atoms. The molecule has 0 saturated carbocycles. The van der Waals surface area contributed by atoms with E-state index in [2.05, 4.69) is 31.2 Å². The lowest BCUT2D eigenvalue weighted by Gasteiger charge is -2.17. The molecule has 2 heteroatoms. The van der Waals surface area contributed by atoms with Gasteiger partial charge < -0.3 is 9.47 Å². The normalized spacial score (nSPS) is 10.7. The number of benzene rings is 2. The summed E-state index contributed by atoms with van der Waals surface area (Å²) in [6.45, 7) is 2.26. The highest BCUT2D eigenvalue weighted by Gasteiger charge is 2.10. The van der Waals surface area contributed by atoms with Gasteiger partial charge in [0.25, 0.3) is 0 Å². The van der Waals surface area contributed by atoms with Crippen LogP contribution in [-0.4, -0.2) is 14.2 Å². The second-order valence-electron chi connectivity index (χ2n) is 5.76. The van der Waals surface area contributed by atoms with Gasteiger partial charge in [0.05, 0.1) is 14.2 Å². The van der Waals surface area contributed by atoms with Crippen LogP contribution >= 0.6 is 0 Å². The Morgan fingerprint density at radius 1 is 0.727 bits per heavy atom. The van der Waals surface area contributed by atoms with Gasteiger partial charge in [-0.2, -0.15) is 0 Å². The van der Waals surface area contributed by atoms with Crippen LogP contribution in [0.3, 0.4) is 0 Å². The van der Waals surface area contributed by atoms with E-state index in [4.69, 9.17) is 9.47 Å². The SMILES string of the molecule is CCCC(Cc1ccc(OC)cc1)Cc1ccc(OC)cc1. The number of hydrogen-bond acceptors (Lipinski definition) is 2. The predicted molar refractivity (Wildman–Crippen MR) is 91.8 cm³/mol. The van der Waals surface area contributed by atoms with E-state index in [0.29, 0.717) is 5.92 Å². The molecule has 118 valence electrons. The molecular formula is C20H26O2. The number of ether oxygens (including phenoxy) is 2. The summed E-state index contributed by atoms with van der Waals surface area (Å²) in [7, 11) is 3.41. The van der Waals surface area contributed by atoms with E-state index in [1.807, 2.05) is 24.3 Å². The van der Waals surface area contributed by atoms with Gasteiger partial charge in [-0.15, -0.1) is 0 Å². The summed E-state index contributed by atoms with van der Waals surface area (Å²) in [5.74, 6) is 2.52. The van der Waals surface area contributed by atoms with Crippen molar-refractivity contribution < 1.29 is 9.47 Å². The Hall–Kier alpha value is -1.96. The third kappa shape index (κ3) is 4.80. The maximum atomic E-state index is 5.23. The van der Waals surface area contributed by atoms with Gasteiger partial charge in [0.1, 0.15) is 11.5 Å². The summed E-state index contributed by atoms with van der Waals surface area (Å²) < 4.78 is 10.5. The lowest BCUT2D eigenvalue weighted by molar-refractivity contribution is 0.413. The minimum Gasteiger partial charge on any atom is -0.497 e. The summed E-state index contributed by atoms with van der Waals surface area (Å²) >= 11 is 0. The third-order valence-corrected chi connectivity index (χ3v) is 4.06. The molecule has 22 heavy (non-hydrogen) atoms. The van der Waals surface area contributed by atoms with Crippen molar-refractivity contribution in [3.63, 3.8) is 0 Å². The Balaban J connectivity index is 2.01. The third-order valence-electron chi connectivity index (χ3n) is 4.06. The number of hydrogen-bond donors (Lipinski definition) is 0. The summed E-state index contributed by atoms with van der Waals surface area (Å²) in [5.41, 5.74) is 2.76. The molecule has 2 aromatic rings. The zero-order chi connectivity index (χ0) is 15.8. The zero-order valence-corrected chi connectivity index (χ0v) is 13.8. The van der Waals surface area contributed by atoms with Crippen LogP contribution in [0.2, 0.25) is 0 Å². The fraction of sp³-hybridized carbons (Fsp3) is 0.400. The fourth-order valence-corrected chi connectivity index (χ4v) is 2.87. The van der Waals surface area contributed by atoms with Crippen LogP contribution in [0.5, 0.6) is 11.5 Å². The molecular weight excluding hydrogens is 272 g/mol. The number of rotatable bonds is 8. The monoisotopic (exact) mass is 298 g/mol. The van der Waals surface area contributed by atoms with Crippen molar-refractivity contribution in [3.05, 3.63) is 59.7 Å². The van der Waals surface area contributed by atoms with Gasteiger partial charge in [0, 0.05) is 0 Å². The first kappa shape index (κ1) is 16.4. The Bertz CT molecular complexity index is 493. The van der Waals surface area contributed by atoms with Crippen molar-refractivity contribution in [1.29, 1.82) is 0 Å². The van der Waals surface area contributed by atoms with Crippen LogP contribution in [0.4, 0.5) is 0 Å². The van der Waals surface area contributed by atoms with Crippen LogP contribution in [0.1, 0.15) is 30.9 Å². The topological polar surface area (TPSA) is 18.5 Å². The fourth-order valence-electron chi connectivity index (χ4n) is 2.87. The molecule has 2 nitrogen and oxygen atoms in total. The molecule has 0 radical (unpaired) electrons. The van der Waals surface area contributed by atoms with E-state index < -0.39 is 0 Å². The molecule has 0 aliphatic rings. The van der Waals surface area contributed by atoms with Gasteiger partial charge in [0.2, 0.25) is 0 Å². The highest BCUT2D eigenvalue weighted by Crippen LogP contribution is 2.22. The molecule has 0 spiro atoms. The molecule has 0 unspecified atom stereocenters. The van der Waals surface area contributed by atoms with Crippen molar-refractivity contribution in [3.8, 4) is 11.5 Å². The first-order chi connectivity index (χ1) is 10.7. The quantitative estimate of drug-likeness (QED) is 0.689. The summed E-state index contributed by atoms with van der Waals surface area (Å²) in [5, 5.41) is 0. The molecule has 0 N–H and O–H groups in total. The van der Waals surface area contributed by atoms with E-state index in [1.165, 1.54) is 24.0 Å². The molecule has 0 aliphatic carbocycles. The van der Waals surface area contributed by atoms with Crippen LogP contribution in [0, 0.1) is 5.92 Å². The average molecular weight is 298 g/mol. The highest BCUT2D eigenvalue weighted by atomic mass is 16.5. The molecule has 0 amide bonds. The minimum absolute atomic E-state index is 0.673. The van der Waals surface area contributed by atoms with Crippen molar-refractivity contribution in [2.45, 2.75) is 32.6 Å². The van der Waals surface area contributed by atoms with Crippen LogP contribution in [0.25, 0.3) is 0 Å². The van der Waals surface area contributed by atoms with Gasteiger partial charge in [-0.1, -0.05) is 44.0 Å². The summed E-state index contributed by atoms with van der Waals surface area (Å²) in [4.78, 5) is 0. The van der Waals surface area contributed by atoms with E-state index in [-0.39, 0.29) is 0 Å². The van der Waals surface area contributed by atoms with Crippen LogP contribution in [-0.2, 0) is 12.8 Å². The molecule has 0 fully saturated rings. The largest absolute Gasteiger partial charge is 0.497 e. The molecule has 2 aromatic carbocycles. The molecule has 0 saturated heterocycles. The first-order valence-electron chi connectivity index (χ1n) is 8.01. The lowest BCUT2D eigenvalue weighted by atomic mass is 9.89. The molecule has 0 aromatic heterocycles. The van der Waals surface area contributed by atoms with Gasteiger partial charge >= 0.3 is 0 Å². The van der Waals surface area contributed by atoms with Crippen molar-refractivity contribution >= 4 is 0 Å². The van der Waals surface area contributed by atoms with Crippen LogP contribution in [0.15, 0.2) is 48.5 Å². The highest BCUT2D eigenvalue weighted by molar-refractivity contribution is 5.29. The van der Waals surface area contributed by atoms with Crippen molar-refractivity contribution in [1.82, 2.24) is 0 Å². The van der Waals surface area contributed by atoms with Crippen molar-refractivity contribution in [2.75, 3.05) is 14.2 Å². The average Bonchev–Trinajstić information content (AvgIpc) is 2.56. The predicted octanol–water partition coefficient (Wildman–Crippen LogP) is 4.91. The molecule has 2 rings (SSSR count). The molecule has 0 heterocycles. The zero-order valence-electron chi connectivity index (χ0n) is 13.8. The number of methoxy groups -OCH3 is 2. The Labute approximate surface area is 134 Å². The van der Waals surface area contributed by atoms with Crippen LogP contribution < -0.4 is 9.47 Å². The van der Waals surface area contributed by atoms with Gasteiger partial charge in [-0.3, -0.25) is 0 Å². The molecule has 0 atom stereocenters. The molecule has 0 aliphatic heterocycles. The standard InChI is InChI=1S/C20H26O2/c1-4-5-18(14-16-6-10-19(21-2)11-7-16)15-17-8-12-20(22-3)13-9-17/h6-13,18H,4-5,14-15H2,1-3H3. The summed E-state index contributed by atoms with van der Waals surface area (Å²) in [6.07, 6.45) is 4.70. The van der Waals surface area contributed by atoms with E-state index >= 15 is 0 Å². The second-order valence-corrected chi connectivity index (χ2v) is 5.76. The lowest BCUT2D eigenvalue weighted by Crippen LogP contribution is -2.08. The Kier molecular flexibility index (Phi) is 6.32. The second kappa shape index (κ2) is 8.47. The Morgan fingerprint density at radius 3 is 1.45 bits per heavy atom. The van der Waals surface area contributed by atoms with E-state index in [0.717, 1.165) is 24.3 Å². The smallest absolute Gasteiger partial charge is 0.118 e. The van der Waals surface area contributed by atoms with Gasteiger partial charge in [0.15, 0.2) is 0 Å². The maximum absolute atomic E-state index is 5.23. The Morgan fingerprint density at radius 2 is 1.14 bits per heavy atom. The van der Waals surface area contributed by atoms with Gasteiger partial charge in [-0.25, -0.2) is 0 Å². The first-order valence-corrected chi connectivity index (χ1v) is 8.01. The van der Waals surface area contributed by atoms with E-state index in [9.17, 15) is 0 Å².